The third-order valence-corrected chi connectivity index (χ3v) is 2.94. The normalized spacial score (nSPS) is 10.4. The molecule has 0 aliphatic carbocycles. The molecule has 0 aliphatic rings. The summed E-state index contributed by atoms with van der Waals surface area (Å²) in [6, 6.07) is 8.62. The Morgan fingerprint density at radius 3 is 2.67 bits per heavy atom. The van der Waals surface area contributed by atoms with Gasteiger partial charge in [0.15, 0.2) is 0 Å². The van der Waals surface area contributed by atoms with Crippen molar-refractivity contribution >= 4 is 21.6 Å². The number of ether oxygens (including phenoxy) is 1. The van der Waals surface area contributed by atoms with Gasteiger partial charge in [-0.15, -0.1) is 0 Å². The molecule has 0 aliphatic heterocycles. The SMILES string of the molecule is Nc1cc(Br)c(F)cc1OCc1cccc(F)c1. The van der Waals surface area contributed by atoms with Crippen molar-refractivity contribution in [2.24, 2.45) is 0 Å². The summed E-state index contributed by atoms with van der Waals surface area (Å²) in [5, 5.41) is 0. The van der Waals surface area contributed by atoms with Crippen molar-refractivity contribution in [3.8, 4) is 5.75 Å². The molecule has 5 heteroatoms. The van der Waals surface area contributed by atoms with E-state index in [1.165, 1.54) is 24.3 Å². The monoisotopic (exact) mass is 313 g/mol. The van der Waals surface area contributed by atoms with Gasteiger partial charge >= 0.3 is 0 Å². The highest BCUT2D eigenvalue weighted by molar-refractivity contribution is 9.10. The number of rotatable bonds is 3. The fourth-order valence-corrected chi connectivity index (χ4v) is 1.82. The molecule has 0 fully saturated rings. The Kier molecular flexibility index (Phi) is 3.81. The highest BCUT2D eigenvalue weighted by Crippen LogP contribution is 2.28. The molecule has 0 saturated carbocycles. The lowest BCUT2D eigenvalue weighted by molar-refractivity contribution is 0.305. The molecule has 0 heterocycles. The summed E-state index contributed by atoms with van der Waals surface area (Å²) >= 11 is 3.03. The third kappa shape index (κ3) is 2.98. The minimum atomic E-state index is -0.460. The molecule has 0 radical (unpaired) electrons. The fourth-order valence-electron chi connectivity index (χ4n) is 1.46. The van der Waals surface area contributed by atoms with E-state index in [0.717, 1.165) is 0 Å². The number of hydrogen-bond acceptors (Lipinski definition) is 2. The van der Waals surface area contributed by atoms with Crippen LogP contribution in [0.2, 0.25) is 0 Å². The van der Waals surface area contributed by atoms with Gasteiger partial charge in [-0.3, -0.25) is 0 Å². The summed E-state index contributed by atoms with van der Waals surface area (Å²) in [5.41, 5.74) is 6.66. The van der Waals surface area contributed by atoms with Crippen LogP contribution in [-0.4, -0.2) is 0 Å². The Morgan fingerprint density at radius 1 is 1.17 bits per heavy atom. The van der Waals surface area contributed by atoms with Crippen molar-refractivity contribution in [1.82, 2.24) is 0 Å². The number of anilines is 1. The lowest BCUT2D eigenvalue weighted by Gasteiger charge is -2.10. The maximum Gasteiger partial charge on any atom is 0.145 e. The number of benzene rings is 2. The molecule has 2 N–H and O–H groups in total. The Hall–Kier alpha value is -1.62. The number of hydrogen-bond donors (Lipinski definition) is 1. The van der Waals surface area contributed by atoms with E-state index in [2.05, 4.69) is 15.9 Å². The molecular formula is C13H10BrF2NO. The maximum absolute atomic E-state index is 13.3. The summed E-state index contributed by atoms with van der Waals surface area (Å²) < 4.78 is 31.9. The first-order valence-corrected chi connectivity index (χ1v) is 5.97. The Labute approximate surface area is 112 Å². The second-order valence-electron chi connectivity index (χ2n) is 3.72. The van der Waals surface area contributed by atoms with Gasteiger partial charge in [0, 0.05) is 6.07 Å². The first kappa shape index (κ1) is 12.8. The van der Waals surface area contributed by atoms with Crippen molar-refractivity contribution in [3.05, 3.63) is 58.1 Å². The van der Waals surface area contributed by atoms with Gasteiger partial charge in [-0.1, -0.05) is 12.1 Å². The minimum absolute atomic E-state index is 0.128. The zero-order chi connectivity index (χ0) is 13.1. The minimum Gasteiger partial charge on any atom is -0.487 e. The van der Waals surface area contributed by atoms with Crippen molar-refractivity contribution in [3.63, 3.8) is 0 Å². The topological polar surface area (TPSA) is 35.2 Å². The molecule has 2 nitrogen and oxygen atoms in total. The molecule has 0 saturated heterocycles. The molecule has 18 heavy (non-hydrogen) atoms. The largest absolute Gasteiger partial charge is 0.487 e. The first-order valence-electron chi connectivity index (χ1n) is 5.18. The zero-order valence-electron chi connectivity index (χ0n) is 9.29. The van der Waals surface area contributed by atoms with Crippen LogP contribution in [0.1, 0.15) is 5.56 Å². The van der Waals surface area contributed by atoms with Gasteiger partial charge in [0.25, 0.3) is 0 Å². The summed E-state index contributed by atoms with van der Waals surface area (Å²) in [6.07, 6.45) is 0. The predicted octanol–water partition coefficient (Wildman–Crippen LogP) is 3.89. The van der Waals surface area contributed by atoms with Crippen LogP contribution >= 0.6 is 15.9 Å². The average molecular weight is 314 g/mol. The maximum atomic E-state index is 13.3. The van der Waals surface area contributed by atoms with Crippen LogP contribution < -0.4 is 10.5 Å². The molecule has 0 amide bonds. The van der Waals surface area contributed by atoms with Crippen molar-refractivity contribution in [2.45, 2.75) is 6.61 Å². The van der Waals surface area contributed by atoms with Crippen LogP contribution in [0.4, 0.5) is 14.5 Å². The summed E-state index contributed by atoms with van der Waals surface area (Å²) in [5.74, 6) is -0.565. The van der Waals surface area contributed by atoms with Crippen LogP contribution in [0.5, 0.6) is 5.75 Å². The molecule has 0 spiro atoms. The molecule has 94 valence electrons. The molecule has 0 bridgehead atoms. The van der Waals surface area contributed by atoms with Crippen molar-refractivity contribution in [1.29, 1.82) is 0 Å². The summed E-state index contributed by atoms with van der Waals surface area (Å²) in [4.78, 5) is 0. The smallest absolute Gasteiger partial charge is 0.145 e. The van der Waals surface area contributed by atoms with Gasteiger partial charge in [0.1, 0.15) is 24.0 Å². The molecule has 0 aromatic heterocycles. The van der Waals surface area contributed by atoms with Gasteiger partial charge in [-0.05, 0) is 39.7 Å². The van der Waals surface area contributed by atoms with Crippen LogP contribution in [0.25, 0.3) is 0 Å². The third-order valence-electron chi connectivity index (χ3n) is 2.34. The van der Waals surface area contributed by atoms with E-state index >= 15 is 0 Å². The number of halogens is 3. The van der Waals surface area contributed by atoms with E-state index in [1.54, 1.807) is 12.1 Å². The highest BCUT2D eigenvalue weighted by atomic mass is 79.9. The van der Waals surface area contributed by atoms with Gasteiger partial charge in [-0.2, -0.15) is 0 Å². The molecule has 2 rings (SSSR count). The van der Waals surface area contributed by atoms with Gasteiger partial charge in [-0.25, -0.2) is 8.78 Å². The van der Waals surface area contributed by atoms with E-state index in [9.17, 15) is 8.78 Å². The molecule has 2 aromatic carbocycles. The summed E-state index contributed by atoms with van der Waals surface area (Å²) in [6.45, 7) is 0.128. The average Bonchev–Trinajstić information content (AvgIpc) is 2.32. The molecule has 0 atom stereocenters. The zero-order valence-corrected chi connectivity index (χ0v) is 10.9. The number of nitrogens with two attached hydrogens (primary N) is 1. The van der Waals surface area contributed by atoms with Crippen LogP contribution in [0.3, 0.4) is 0 Å². The Morgan fingerprint density at radius 2 is 1.94 bits per heavy atom. The Balaban J connectivity index is 2.13. The lowest BCUT2D eigenvalue weighted by Crippen LogP contribution is -2.00. The highest BCUT2D eigenvalue weighted by Gasteiger charge is 2.07. The second-order valence-corrected chi connectivity index (χ2v) is 4.58. The fraction of sp³-hybridized carbons (Fsp3) is 0.0769. The molecule has 2 aromatic rings. The van der Waals surface area contributed by atoms with E-state index in [0.29, 0.717) is 11.3 Å². The quantitative estimate of drug-likeness (QED) is 0.873. The van der Waals surface area contributed by atoms with E-state index < -0.39 is 5.82 Å². The molecular weight excluding hydrogens is 304 g/mol. The number of nitrogen functional groups attached to an aromatic ring is 1. The van der Waals surface area contributed by atoms with E-state index in [1.807, 2.05) is 0 Å². The standard InChI is InChI=1S/C13H10BrF2NO/c14-10-5-12(17)13(6-11(10)16)18-7-8-2-1-3-9(15)4-8/h1-6H,7,17H2. The van der Waals surface area contributed by atoms with Gasteiger partial charge < -0.3 is 10.5 Å². The van der Waals surface area contributed by atoms with E-state index in [-0.39, 0.29) is 22.6 Å². The van der Waals surface area contributed by atoms with Crippen LogP contribution in [-0.2, 0) is 6.61 Å². The Bertz CT molecular complexity index is 575. The predicted molar refractivity (Wildman–Crippen MR) is 69.2 cm³/mol. The molecule has 0 unspecified atom stereocenters. The van der Waals surface area contributed by atoms with Crippen LogP contribution in [0.15, 0.2) is 40.9 Å². The van der Waals surface area contributed by atoms with Crippen molar-refractivity contribution in [2.75, 3.05) is 5.73 Å². The van der Waals surface area contributed by atoms with Gasteiger partial charge in [0.2, 0.25) is 0 Å². The second kappa shape index (κ2) is 5.35. The summed E-state index contributed by atoms with van der Waals surface area (Å²) in [7, 11) is 0. The lowest BCUT2D eigenvalue weighted by atomic mass is 10.2. The first-order chi connectivity index (χ1) is 8.56. The van der Waals surface area contributed by atoms with Crippen LogP contribution in [0, 0.1) is 11.6 Å². The van der Waals surface area contributed by atoms with Gasteiger partial charge in [0.05, 0.1) is 10.2 Å². The van der Waals surface area contributed by atoms with E-state index in [4.69, 9.17) is 10.5 Å². The van der Waals surface area contributed by atoms with Crippen molar-refractivity contribution < 1.29 is 13.5 Å².